The van der Waals surface area contributed by atoms with Gasteiger partial charge in [0.2, 0.25) is 0 Å². The van der Waals surface area contributed by atoms with E-state index in [-0.39, 0.29) is 24.0 Å². The molecule has 0 N–H and O–H groups in total. The Morgan fingerprint density at radius 3 is 2.04 bits per heavy atom. The minimum atomic E-state index is -0.224. The summed E-state index contributed by atoms with van der Waals surface area (Å²) < 4.78 is 11.1. The molecule has 3 rings (SSSR count). The summed E-state index contributed by atoms with van der Waals surface area (Å²) in [6.07, 6.45) is 11.5. The zero-order valence-corrected chi connectivity index (χ0v) is 17.1. The molecule has 0 heterocycles. The van der Waals surface area contributed by atoms with E-state index >= 15 is 0 Å². The summed E-state index contributed by atoms with van der Waals surface area (Å²) in [7, 11) is 0. The fraction of sp³-hybridized carbons (Fsp3) is 0.583. The second-order valence-electron chi connectivity index (χ2n) is 8.32. The summed E-state index contributed by atoms with van der Waals surface area (Å²) in [6, 6.07) is 7.65. The molecule has 0 amide bonds. The quantitative estimate of drug-likeness (QED) is 0.388. The summed E-state index contributed by atoms with van der Waals surface area (Å²) >= 11 is 0. The predicted molar refractivity (Wildman–Crippen MR) is 109 cm³/mol. The van der Waals surface area contributed by atoms with Gasteiger partial charge in [-0.05, 0) is 89.2 Å². The van der Waals surface area contributed by atoms with Gasteiger partial charge in [0.1, 0.15) is 11.9 Å². The van der Waals surface area contributed by atoms with Gasteiger partial charge < -0.3 is 9.47 Å². The molecule has 1 aromatic rings. The molecule has 0 unspecified atom stereocenters. The summed E-state index contributed by atoms with van der Waals surface area (Å²) in [5.74, 6) is 1.75. The van der Waals surface area contributed by atoms with Crippen molar-refractivity contribution in [3.8, 4) is 5.75 Å². The van der Waals surface area contributed by atoms with Gasteiger partial charge in [0.25, 0.3) is 0 Å². The Kier molecular flexibility index (Phi) is 7.30. The molecule has 28 heavy (non-hydrogen) atoms. The zero-order valence-electron chi connectivity index (χ0n) is 17.1. The molecule has 2 aliphatic carbocycles. The van der Waals surface area contributed by atoms with Crippen LogP contribution in [0.5, 0.6) is 5.75 Å². The van der Waals surface area contributed by atoms with Crippen LogP contribution in [0.25, 0.3) is 0 Å². The molecule has 0 saturated heterocycles. The average molecular weight is 385 g/mol. The molecule has 2 saturated carbocycles. The molecule has 0 atom stereocenters. The van der Waals surface area contributed by atoms with Gasteiger partial charge in [-0.1, -0.05) is 23.8 Å². The standard InChI is InChI=1S/C24H32O4/c1-3-4-23(25)27-21-15-11-19(12-16-21)18-7-9-20(10-8-18)24(26)28-22-13-5-17(2)6-14-22/h3-6,13-14,18-21H,7-12,15-16H2,1-2H3/b4-3+/t18-,19-,20-,21-. The van der Waals surface area contributed by atoms with Crippen LogP contribution >= 0.6 is 0 Å². The molecule has 0 bridgehead atoms. The first-order valence-electron chi connectivity index (χ1n) is 10.7. The van der Waals surface area contributed by atoms with Gasteiger partial charge in [-0.25, -0.2) is 4.79 Å². The molecular weight excluding hydrogens is 352 g/mol. The number of benzene rings is 1. The average Bonchev–Trinajstić information content (AvgIpc) is 2.70. The molecule has 2 fully saturated rings. The van der Waals surface area contributed by atoms with Gasteiger partial charge in [-0.15, -0.1) is 0 Å². The van der Waals surface area contributed by atoms with E-state index in [1.165, 1.54) is 6.08 Å². The van der Waals surface area contributed by atoms with Crippen LogP contribution in [-0.4, -0.2) is 18.0 Å². The van der Waals surface area contributed by atoms with E-state index in [2.05, 4.69) is 0 Å². The first-order chi connectivity index (χ1) is 13.5. The molecule has 0 radical (unpaired) electrons. The summed E-state index contributed by atoms with van der Waals surface area (Å²) in [4.78, 5) is 24.0. The SMILES string of the molecule is C/C=C/C(=O)O[C@H]1CC[C@H]([C@H]2CC[C@H](C(=O)Oc3ccc(C)cc3)CC2)CC1. The van der Waals surface area contributed by atoms with Crippen LogP contribution in [0.3, 0.4) is 0 Å². The second kappa shape index (κ2) is 9.90. The highest BCUT2D eigenvalue weighted by Gasteiger charge is 2.34. The fourth-order valence-corrected chi connectivity index (χ4v) is 4.65. The normalized spacial score (nSPS) is 28.1. The van der Waals surface area contributed by atoms with Crippen LogP contribution in [0.1, 0.15) is 63.9 Å². The molecule has 4 heteroatoms. The first-order valence-corrected chi connectivity index (χ1v) is 10.7. The van der Waals surface area contributed by atoms with Crippen molar-refractivity contribution in [2.75, 3.05) is 0 Å². The Morgan fingerprint density at radius 1 is 0.893 bits per heavy atom. The van der Waals surface area contributed by atoms with Crippen molar-refractivity contribution in [2.24, 2.45) is 17.8 Å². The highest BCUT2D eigenvalue weighted by Crippen LogP contribution is 2.40. The summed E-state index contributed by atoms with van der Waals surface area (Å²) in [5.41, 5.74) is 1.16. The maximum absolute atomic E-state index is 12.5. The number of rotatable bonds is 5. The van der Waals surface area contributed by atoms with Gasteiger partial charge in [-0.3, -0.25) is 4.79 Å². The van der Waals surface area contributed by atoms with Gasteiger partial charge in [0.05, 0.1) is 5.92 Å². The number of esters is 2. The number of hydrogen-bond donors (Lipinski definition) is 0. The molecular formula is C24H32O4. The second-order valence-corrected chi connectivity index (χ2v) is 8.32. The third-order valence-electron chi connectivity index (χ3n) is 6.32. The first kappa shape index (κ1) is 20.6. The lowest BCUT2D eigenvalue weighted by molar-refractivity contribution is -0.145. The Balaban J connectivity index is 1.40. The highest BCUT2D eigenvalue weighted by atomic mass is 16.5. The molecule has 4 nitrogen and oxygen atoms in total. The van der Waals surface area contributed by atoms with Gasteiger partial charge in [0, 0.05) is 6.08 Å². The third-order valence-corrected chi connectivity index (χ3v) is 6.32. The summed E-state index contributed by atoms with van der Waals surface area (Å²) in [5, 5.41) is 0. The van der Waals surface area contributed by atoms with Crippen molar-refractivity contribution < 1.29 is 19.1 Å². The monoisotopic (exact) mass is 384 g/mol. The minimum absolute atomic E-state index is 0.0238. The lowest BCUT2D eigenvalue weighted by Crippen LogP contribution is -2.31. The van der Waals surface area contributed by atoms with E-state index in [0.717, 1.165) is 56.9 Å². The lowest BCUT2D eigenvalue weighted by Gasteiger charge is -2.37. The molecule has 1 aromatic carbocycles. The van der Waals surface area contributed by atoms with E-state index in [4.69, 9.17) is 9.47 Å². The van der Waals surface area contributed by atoms with Crippen LogP contribution < -0.4 is 4.74 Å². The van der Waals surface area contributed by atoms with Crippen molar-refractivity contribution in [2.45, 2.75) is 71.3 Å². The maximum Gasteiger partial charge on any atom is 0.330 e. The van der Waals surface area contributed by atoms with Crippen LogP contribution in [-0.2, 0) is 14.3 Å². The lowest BCUT2D eigenvalue weighted by atomic mass is 9.70. The smallest absolute Gasteiger partial charge is 0.330 e. The van der Waals surface area contributed by atoms with Gasteiger partial charge in [0.15, 0.2) is 0 Å². The van der Waals surface area contributed by atoms with Crippen molar-refractivity contribution in [1.29, 1.82) is 0 Å². The van der Waals surface area contributed by atoms with Crippen LogP contribution in [0.15, 0.2) is 36.4 Å². The molecule has 152 valence electrons. The van der Waals surface area contributed by atoms with Gasteiger partial charge in [-0.2, -0.15) is 0 Å². The molecule has 0 spiro atoms. The van der Waals surface area contributed by atoms with Crippen LogP contribution in [0.2, 0.25) is 0 Å². The largest absolute Gasteiger partial charge is 0.459 e. The fourth-order valence-electron chi connectivity index (χ4n) is 4.65. The Morgan fingerprint density at radius 2 is 1.46 bits per heavy atom. The van der Waals surface area contributed by atoms with E-state index in [1.807, 2.05) is 38.1 Å². The van der Waals surface area contributed by atoms with Crippen molar-refractivity contribution in [3.05, 3.63) is 42.0 Å². The van der Waals surface area contributed by atoms with Crippen molar-refractivity contribution in [1.82, 2.24) is 0 Å². The molecule has 0 aromatic heterocycles. The number of carbonyl (C=O) groups excluding carboxylic acids is 2. The zero-order chi connectivity index (χ0) is 19.9. The number of carbonyl (C=O) groups is 2. The Bertz CT molecular complexity index is 675. The Labute approximate surface area is 168 Å². The Hall–Kier alpha value is -2.10. The molecule has 0 aliphatic heterocycles. The van der Waals surface area contributed by atoms with Crippen molar-refractivity contribution in [3.63, 3.8) is 0 Å². The number of hydrogen-bond acceptors (Lipinski definition) is 4. The number of ether oxygens (including phenoxy) is 2. The van der Waals surface area contributed by atoms with Crippen LogP contribution in [0, 0.1) is 24.7 Å². The number of aryl methyl sites for hydroxylation is 1. The maximum atomic E-state index is 12.5. The van der Waals surface area contributed by atoms with E-state index in [0.29, 0.717) is 17.6 Å². The van der Waals surface area contributed by atoms with Crippen LogP contribution in [0.4, 0.5) is 0 Å². The van der Waals surface area contributed by atoms with E-state index in [9.17, 15) is 9.59 Å². The van der Waals surface area contributed by atoms with E-state index < -0.39 is 0 Å². The molecule has 2 aliphatic rings. The number of allylic oxidation sites excluding steroid dienone is 1. The minimum Gasteiger partial charge on any atom is -0.459 e. The topological polar surface area (TPSA) is 52.6 Å². The van der Waals surface area contributed by atoms with E-state index in [1.54, 1.807) is 6.08 Å². The van der Waals surface area contributed by atoms with Crippen molar-refractivity contribution >= 4 is 11.9 Å². The summed E-state index contributed by atoms with van der Waals surface area (Å²) in [6.45, 7) is 3.84. The third kappa shape index (κ3) is 5.70. The predicted octanol–water partition coefficient (Wildman–Crippen LogP) is 5.38. The highest BCUT2D eigenvalue weighted by molar-refractivity contribution is 5.81. The van der Waals surface area contributed by atoms with Gasteiger partial charge >= 0.3 is 11.9 Å².